The molecule has 14 heteroatoms. The minimum Gasteiger partial charge on any atom is -0.369 e. The maximum Gasteiger partial charge on any atom is 0.418 e. The van der Waals surface area contributed by atoms with Gasteiger partial charge in [-0.25, -0.2) is 13.4 Å². The first-order valence-electron chi connectivity index (χ1n) is 13.9. The van der Waals surface area contributed by atoms with Crippen LogP contribution in [0.15, 0.2) is 42.6 Å². The van der Waals surface area contributed by atoms with E-state index in [0.29, 0.717) is 49.4 Å². The Kier molecular flexibility index (Phi) is 8.72. The first-order valence-corrected chi connectivity index (χ1v) is 15.8. The highest BCUT2D eigenvalue weighted by molar-refractivity contribution is 7.93. The maximum atomic E-state index is 14.1. The molecule has 5 rings (SSSR count). The largest absolute Gasteiger partial charge is 0.418 e. The second kappa shape index (κ2) is 12.1. The summed E-state index contributed by atoms with van der Waals surface area (Å²) < 4.78 is 69.7. The number of nitrogens with one attached hydrogen (secondary N) is 3. The first kappa shape index (κ1) is 30.2. The van der Waals surface area contributed by atoms with E-state index in [2.05, 4.69) is 37.1 Å². The van der Waals surface area contributed by atoms with Crippen molar-refractivity contribution in [2.45, 2.75) is 44.5 Å². The Labute approximate surface area is 248 Å². The molecule has 0 radical (unpaired) electrons. The van der Waals surface area contributed by atoms with Crippen LogP contribution in [0.5, 0.6) is 0 Å². The molecule has 0 unspecified atom stereocenters. The number of aromatic nitrogens is 2. The second-order valence-corrected chi connectivity index (χ2v) is 12.7. The van der Waals surface area contributed by atoms with Crippen molar-refractivity contribution in [1.29, 1.82) is 0 Å². The van der Waals surface area contributed by atoms with E-state index in [1.165, 1.54) is 12.3 Å². The van der Waals surface area contributed by atoms with E-state index >= 15 is 0 Å². The van der Waals surface area contributed by atoms with E-state index in [1.807, 2.05) is 11.8 Å². The van der Waals surface area contributed by atoms with E-state index < -0.39 is 21.8 Å². The Morgan fingerprint density at radius 2 is 1.71 bits per heavy atom. The zero-order chi connectivity index (χ0) is 30.1. The van der Waals surface area contributed by atoms with Gasteiger partial charge >= 0.3 is 6.18 Å². The summed E-state index contributed by atoms with van der Waals surface area (Å²) >= 11 is 6.34. The van der Waals surface area contributed by atoms with Gasteiger partial charge in [-0.2, -0.15) is 18.2 Å². The molecule has 1 aliphatic carbocycles. The van der Waals surface area contributed by atoms with Crippen LogP contribution in [-0.2, 0) is 22.6 Å². The predicted octanol–water partition coefficient (Wildman–Crippen LogP) is 6.24. The Bertz CT molecular complexity index is 1540. The third-order valence-electron chi connectivity index (χ3n) is 7.45. The fourth-order valence-corrected chi connectivity index (χ4v) is 6.37. The van der Waals surface area contributed by atoms with Crippen LogP contribution in [0.25, 0.3) is 0 Å². The average molecular weight is 624 g/mol. The first-order chi connectivity index (χ1) is 20.0. The predicted molar refractivity (Wildman–Crippen MR) is 161 cm³/mol. The van der Waals surface area contributed by atoms with Gasteiger partial charge in [-0.05, 0) is 67.8 Å². The lowest BCUT2D eigenvalue weighted by atomic mass is 10.1. The van der Waals surface area contributed by atoms with Crippen LogP contribution >= 0.6 is 11.6 Å². The molecule has 0 spiro atoms. The number of alkyl halides is 3. The molecule has 2 heterocycles. The summed E-state index contributed by atoms with van der Waals surface area (Å²) in [7, 11) is -3.41. The molecular formula is C28H33ClF3N7O2S. The monoisotopic (exact) mass is 623 g/mol. The van der Waals surface area contributed by atoms with Gasteiger partial charge in [0.1, 0.15) is 5.02 Å². The van der Waals surface area contributed by atoms with Gasteiger partial charge in [0, 0.05) is 43.2 Å². The topological polar surface area (TPSA) is 102 Å². The van der Waals surface area contributed by atoms with Gasteiger partial charge in [0.15, 0.2) is 5.82 Å². The quantitative estimate of drug-likeness (QED) is 0.244. The minimum absolute atomic E-state index is 0.0661. The van der Waals surface area contributed by atoms with Gasteiger partial charge in [0.25, 0.3) is 0 Å². The number of halogens is 4. The molecule has 2 aliphatic rings. The van der Waals surface area contributed by atoms with Crippen molar-refractivity contribution in [2.75, 3.05) is 53.0 Å². The normalized spacial score (nSPS) is 16.4. The molecule has 1 saturated carbocycles. The highest BCUT2D eigenvalue weighted by Crippen LogP contribution is 2.39. The Hall–Kier alpha value is -3.29. The average Bonchev–Trinajstić information content (AvgIpc) is 3.82. The zero-order valence-electron chi connectivity index (χ0n) is 23.3. The van der Waals surface area contributed by atoms with Crippen molar-refractivity contribution in [3.8, 4) is 0 Å². The van der Waals surface area contributed by atoms with Crippen molar-refractivity contribution in [3.63, 3.8) is 0 Å². The SMILES string of the molecule is CCc1cc(NS(=O)(=O)C2CC2)ccc1Nc1nc(Nc2ccc(N3CCN(CC)CC3)cc2C(F)(F)F)ncc1Cl. The van der Waals surface area contributed by atoms with E-state index in [9.17, 15) is 21.6 Å². The molecule has 2 fully saturated rings. The Morgan fingerprint density at radius 3 is 2.36 bits per heavy atom. The number of hydrogen-bond donors (Lipinski definition) is 3. The summed E-state index contributed by atoms with van der Waals surface area (Å²) in [6, 6.07) is 9.29. The Balaban J connectivity index is 1.36. The number of anilines is 6. The van der Waals surface area contributed by atoms with Crippen molar-refractivity contribution in [3.05, 3.63) is 58.7 Å². The van der Waals surface area contributed by atoms with Gasteiger partial charge in [-0.1, -0.05) is 25.4 Å². The van der Waals surface area contributed by atoms with Crippen LogP contribution in [0.1, 0.15) is 37.8 Å². The van der Waals surface area contributed by atoms with Gasteiger partial charge in [0.2, 0.25) is 16.0 Å². The molecule has 3 aromatic rings. The second-order valence-electron chi connectivity index (χ2n) is 10.4. The molecule has 1 aromatic heterocycles. The minimum atomic E-state index is -4.60. The lowest BCUT2D eigenvalue weighted by Gasteiger charge is -2.36. The van der Waals surface area contributed by atoms with Crippen LogP contribution in [0.4, 0.5) is 47.7 Å². The van der Waals surface area contributed by atoms with E-state index in [-0.39, 0.29) is 27.7 Å². The number of rotatable bonds is 10. The van der Waals surface area contributed by atoms with E-state index in [4.69, 9.17) is 11.6 Å². The molecule has 3 N–H and O–H groups in total. The molecule has 0 atom stereocenters. The van der Waals surface area contributed by atoms with Gasteiger partial charge in [0.05, 0.1) is 22.7 Å². The zero-order valence-corrected chi connectivity index (χ0v) is 24.9. The molecule has 42 heavy (non-hydrogen) atoms. The van der Waals surface area contributed by atoms with Crippen molar-refractivity contribution in [1.82, 2.24) is 14.9 Å². The fraction of sp³-hybridized carbons (Fsp3) is 0.429. The summed E-state index contributed by atoms with van der Waals surface area (Å²) in [5.41, 5.74) is 1.40. The number of sulfonamides is 1. The van der Waals surface area contributed by atoms with Crippen molar-refractivity contribution < 1.29 is 21.6 Å². The number of likely N-dealkylation sites (N-methyl/N-ethyl adjacent to an activating group) is 1. The summed E-state index contributed by atoms with van der Waals surface area (Å²) in [4.78, 5) is 12.7. The van der Waals surface area contributed by atoms with Crippen LogP contribution in [0.3, 0.4) is 0 Å². The molecule has 0 bridgehead atoms. The van der Waals surface area contributed by atoms with Crippen molar-refractivity contribution >= 4 is 56.1 Å². The third kappa shape index (κ3) is 7.01. The standard InChI is InChI=1S/C28H33ClF3N7O2S/c1-3-18-15-19(37-42(40,41)21-7-8-21)5-9-24(18)34-26-23(29)17-33-27(36-26)35-25-10-6-20(16-22(25)28(30,31)32)39-13-11-38(4-2)12-14-39/h5-6,9-10,15-17,21,37H,3-4,7-8,11-14H2,1-2H3,(H2,33,34,35,36). The molecular weight excluding hydrogens is 591 g/mol. The van der Waals surface area contributed by atoms with Crippen LogP contribution in [-0.4, -0.2) is 61.3 Å². The third-order valence-corrected chi connectivity index (χ3v) is 9.59. The van der Waals surface area contributed by atoms with Crippen LogP contribution in [0, 0.1) is 0 Å². The number of benzene rings is 2. The lowest BCUT2D eigenvalue weighted by Crippen LogP contribution is -2.46. The van der Waals surface area contributed by atoms with Crippen LogP contribution < -0.4 is 20.3 Å². The molecule has 0 amide bonds. The molecule has 1 aliphatic heterocycles. The molecule has 226 valence electrons. The van der Waals surface area contributed by atoms with Crippen molar-refractivity contribution in [2.24, 2.45) is 0 Å². The van der Waals surface area contributed by atoms with Gasteiger partial charge in [-0.3, -0.25) is 4.72 Å². The summed E-state index contributed by atoms with van der Waals surface area (Å²) in [6.45, 7) is 7.80. The van der Waals surface area contributed by atoms with E-state index in [1.54, 1.807) is 24.3 Å². The summed E-state index contributed by atoms with van der Waals surface area (Å²) in [6.07, 6.45) is -1.41. The number of piperazine rings is 1. The highest BCUT2D eigenvalue weighted by atomic mass is 35.5. The molecule has 9 nitrogen and oxygen atoms in total. The van der Waals surface area contributed by atoms with Gasteiger partial charge < -0.3 is 20.4 Å². The van der Waals surface area contributed by atoms with Crippen LogP contribution in [0.2, 0.25) is 5.02 Å². The summed E-state index contributed by atoms with van der Waals surface area (Å²) in [5.74, 6) is 0.123. The number of aryl methyl sites for hydroxylation is 1. The Morgan fingerprint density at radius 1 is 1.00 bits per heavy atom. The maximum absolute atomic E-state index is 14.1. The lowest BCUT2D eigenvalue weighted by molar-refractivity contribution is -0.136. The molecule has 2 aromatic carbocycles. The molecule has 1 saturated heterocycles. The number of hydrogen-bond acceptors (Lipinski definition) is 8. The fourth-order valence-electron chi connectivity index (χ4n) is 4.86. The number of nitrogens with zero attached hydrogens (tertiary/aromatic N) is 4. The highest BCUT2D eigenvalue weighted by Gasteiger charge is 2.36. The van der Waals surface area contributed by atoms with E-state index in [0.717, 1.165) is 31.3 Å². The van der Waals surface area contributed by atoms with Gasteiger partial charge in [-0.15, -0.1) is 0 Å². The smallest absolute Gasteiger partial charge is 0.369 e. The summed E-state index contributed by atoms with van der Waals surface area (Å²) in [5, 5.41) is 5.64.